The first-order valence-corrected chi connectivity index (χ1v) is 4.74. The number of aromatic amines is 1. The Morgan fingerprint density at radius 2 is 2.07 bits per heavy atom. The van der Waals surface area contributed by atoms with Crippen molar-refractivity contribution < 1.29 is 4.39 Å². The van der Waals surface area contributed by atoms with E-state index >= 15 is 0 Å². The first kappa shape index (κ1) is 9.19. The Morgan fingerprint density at radius 1 is 1.36 bits per heavy atom. The maximum Gasteiger partial charge on any atom is 0.151 e. The fourth-order valence-corrected chi connectivity index (χ4v) is 1.44. The molecule has 14 heavy (non-hydrogen) atoms. The second kappa shape index (κ2) is 3.08. The lowest BCUT2D eigenvalue weighted by Crippen LogP contribution is -1.88. The lowest BCUT2D eigenvalue weighted by atomic mass is 10.2. The molecule has 3 heteroatoms. The molecule has 0 bridgehead atoms. The van der Waals surface area contributed by atoms with Crippen LogP contribution in [0.15, 0.2) is 12.1 Å². The van der Waals surface area contributed by atoms with Gasteiger partial charge in [-0.3, -0.25) is 0 Å². The molecule has 0 atom stereocenters. The molecule has 0 spiro atoms. The Balaban J connectivity index is 2.71. The summed E-state index contributed by atoms with van der Waals surface area (Å²) in [5, 5.41) is 0. The summed E-state index contributed by atoms with van der Waals surface area (Å²) in [4.78, 5) is 7.34. The highest BCUT2D eigenvalue weighted by Gasteiger charge is 2.10. The number of benzene rings is 1. The second-order valence-corrected chi connectivity index (χ2v) is 3.87. The third kappa shape index (κ3) is 1.29. The number of hydrogen-bond acceptors (Lipinski definition) is 1. The number of imidazole rings is 1. The van der Waals surface area contributed by atoms with Gasteiger partial charge >= 0.3 is 0 Å². The van der Waals surface area contributed by atoms with E-state index in [1.54, 1.807) is 13.0 Å². The van der Waals surface area contributed by atoms with Crippen LogP contribution in [0.1, 0.15) is 31.2 Å². The summed E-state index contributed by atoms with van der Waals surface area (Å²) in [5.74, 6) is 0.938. The quantitative estimate of drug-likeness (QED) is 0.738. The first-order valence-electron chi connectivity index (χ1n) is 4.74. The fourth-order valence-electron chi connectivity index (χ4n) is 1.44. The predicted octanol–water partition coefficient (Wildman–Crippen LogP) is 3.13. The number of aryl methyl sites for hydroxylation is 1. The summed E-state index contributed by atoms with van der Waals surface area (Å²) >= 11 is 0. The minimum atomic E-state index is -0.193. The van der Waals surface area contributed by atoms with Crippen LogP contribution in [0.25, 0.3) is 11.0 Å². The molecule has 0 unspecified atom stereocenters. The van der Waals surface area contributed by atoms with Gasteiger partial charge in [0.2, 0.25) is 0 Å². The number of nitrogens with one attached hydrogen (secondary N) is 1. The van der Waals surface area contributed by atoms with E-state index in [-0.39, 0.29) is 5.82 Å². The number of halogens is 1. The van der Waals surface area contributed by atoms with Crippen LogP contribution in [0.3, 0.4) is 0 Å². The molecule has 0 aliphatic rings. The molecule has 1 aromatic carbocycles. The van der Waals surface area contributed by atoms with E-state index in [9.17, 15) is 4.39 Å². The molecule has 0 aliphatic heterocycles. The normalized spacial score (nSPS) is 11.5. The van der Waals surface area contributed by atoms with Gasteiger partial charge in [0.15, 0.2) is 5.82 Å². The van der Waals surface area contributed by atoms with Gasteiger partial charge in [-0.25, -0.2) is 9.37 Å². The smallest absolute Gasteiger partial charge is 0.151 e. The Kier molecular flexibility index (Phi) is 2.02. The Labute approximate surface area is 82.2 Å². The first-order chi connectivity index (χ1) is 6.59. The highest BCUT2D eigenvalue weighted by Crippen LogP contribution is 2.21. The Hall–Kier alpha value is -1.38. The van der Waals surface area contributed by atoms with Crippen molar-refractivity contribution in [3.63, 3.8) is 0 Å². The Bertz CT molecular complexity index is 471. The summed E-state index contributed by atoms with van der Waals surface area (Å²) in [6.45, 7) is 5.82. The molecule has 0 fully saturated rings. The van der Waals surface area contributed by atoms with Gasteiger partial charge in [0.05, 0.1) is 5.52 Å². The maximum absolute atomic E-state index is 13.6. The lowest BCUT2D eigenvalue weighted by molar-refractivity contribution is 0.627. The van der Waals surface area contributed by atoms with Gasteiger partial charge in [-0.05, 0) is 18.6 Å². The van der Waals surface area contributed by atoms with E-state index in [0.29, 0.717) is 22.5 Å². The molecule has 0 aliphatic carbocycles. The summed E-state index contributed by atoms with van der Waals surface area (Å²) in [6, 6.07) is 3.60. The average Bonchev–Trinajstić information content (AvgIpc) is 2.56. The van der Waals surface area contributed by atoms with Crippen molar-refractivity contribution in [1.82, 2.24) is 9.97 Å². The molecule has 1 heterocycles. The van der Waals surface area contributed by atoms with Crippen molar-refractivity contribution in [3.8, 4) is 0 Å². The predicted molar refractivity (Wildman–Crippen MR) is 54.9 cm³/mol. The molecule has 0 saturated heterocycles. The molecular formula is C11H13FN2. The molecular weight excluding hydrogens is 179 g/mol. The average molecular weight is 192 g/mol. The number of rotatable bonds is 1. The minimum Gasteiger partial charge on any atom is -0.339 e. The van der Waals surface area contributed by atoms with E-state index in [2.05, 4.69) is 9.97 Å². The van der Waals surface area contributed by atoms with Crippen LogP contribution in [0.4, 0.5) is 4.39 Å². The number of aromatic nitrogens is 2. The zero-order valence-electron chi connectivity index (χ0n) is 8.56. The highest BCUT2D eigenvalue weighted by atomic mass is 19.1. The monoisotopic (exact) mass is 192 g/mol. The summed E-state index contributed by atoms with van der Waals surface area (Å²) < 4.78 is 13.6. The second-order valence-electron chi connectivity index (χ2n) is 3.87. The van der Waals surface area contributed by atoms with Crippen LogP contribution in [0.2, 0.25) is 0 Å². The van der Waals surface area contributed by atoms with Crippen LogP contribution < -0.4 is 0 Å². The SMILES string of the molecule is Cc1ccc2nc(C(C)C)[nH]c2c1F. The maximum atomic E-state index is 13.6. The Morgan fingerprint density at radius 3 is 2.71 bits per heavy atom. The topological polar surface area (TPSA) is 28.7 Å². The number of nitrogens with zero attached hydrogens (tertiary/aromatic N) is 1. The highest BCUT2D eigenvalue weighted by molar-refractivity contribution is 5.76. The number of fused-ring (bicyclic) bond motifs is 1. The summed E-state index contributed by atoms with van der Waals surface area (Å²) in [5.41, 5.74) is 1.88. The molecule has 1 N–H and O–H groups in total. The fraction of sp³-hybridized carbons (Fsp3) is 0.364. The van der Waals surface area contributed by atoms with E-state index in [1.807, 2.05) is 19.9 Å². The molecule has 1 aromatic heterocycles. The van der Waals surface area contributed by atoms with Gasteiger partial charge < -0.3 is 4.98 Å². The van der Waals surface area contributed by atoms with Crippen molar-refractivity contribution in [3.05, 3.63) is 29.3 Å². The zero-order valence-corrected chi connectivity index (χ0v) is 8.56. The van der Waals surface area contributed by atoms with Gasteiger partial charge in [0.25, 0.3) is 0 Å². The third-order valence-corrected chi connectivity index (χ3v) is 2.35. The van der Waals surface area contributed by atoms with Crippen molar-refractivity contribution >= 4 is 11.0 Å². The van der Waals surface area contributed by atoms with Crippen LogP contribution in [0.5, 0.6) is 0 Å². The lowest BCUT2D eigenvalue weighted by Gasteiger charge is -1.96. The van der Waals surface area contributed by atoms with E-state index in [1.165, 1.54) is 0 Å². The molecule has 0 amide bonds. The standard InChI is InChI=1S/C11H13FN2/c1-6(2)11-13-8-5-4-7(3)9(12)10(8)14-11/h4-6H,1-3H3,(H,13,14). The molecule has 2 aromatic rings. The van der Waals surface area contributed by atoms with Gasteiger partial charge in [-0.1, -0.05) is 19.9 Å². The van der Waals surface area contributed by atoms with Crippen molar-refractivity contribution in [2.24, 2.45) is 0 Å². The van der Waals surface area contributed by atoms with Crippen LogP contribution in [-0.2, 0) is 0 Å². The number of hydrogen-bond donors (Lipinski definition) is 1. The van der Waals surface area contributed by atoms with Crippen LogP contribution in [-0.4, -0.2) is 9.97 Å². The molecule has 2 rings (SSSR count). The van der Waals surface area contributed by atoms with E-state index in [0.717, 1.165) is 5.82 Å². The molecule has 0 saturated carbocycles. The van der Waals surface area contributed by atoms with Gasteiger partial charge in [0.1, 0.15) is 11.3 Å². The van der Waals surface area contributed by atoms with Gasteiger partial charge in [-0.15, -0.1) is 0 Å². The zero-order chi connectivity index (χ0) is 10.3. The minimum absolute atomic E-state index is 0.193. The third-order valence-electron chi connectivity index (χ3n) is 2.35. The van der Waals surface area contributed by atoms with Crippen LogP contribution >= 0.6 is 0 Å². The molecule has 74 valence electrons. The largest absolute Gasteiger partial charge is 0.339 e. The van der Waals surface area contributed by atoms with Crippen molar-refractivity contribution in [2.75, 3.05) is 0 Å². The summed E-state index contributed by atoms with van der Waals surface area (Å²) in [7, 11) is 0. The van der Waals surface area contributed by atoms with Gasteiger partial charge in [0, 0.05) is 5.92 Å². The molecule has 2 nitrogen and oxygen atoms in total. The van der Waals surface area contributed by atoms with Crippen LogP contribution in [0, 0.1) is 12.7 Å². The van der Waals surface area contributed by atoms with E-state index in [4.69, 9.17) is 0 Å². The van der Waals surface area contributed by atoms with Crippen molar-refractivity contribution in [1.29, 1.82) is 0 Å². The van der Waals surface area contributed by atoms with Gasteiger partial charge in [-0.2, -0.15) is 0 Å². The number of H-pyrrole nitrogens is 1. The van der Waals surface area contributed by atoms with E-state index < -0.39 is 0 Å². The summed E-state index contributed by atoms with van der Waals surface area (Å²) in [6.07, 6.45) is 0. The van der Waals surface area contributed by atoms with Crippen molar-refractivity contribution in [2.45, 2.75) is 26.7 Å². The molecule has 0 radical (unpaired) electrons.